The van der Waals surface area contributed by atoms with Gasteiger partial charge < -0.3 is 20.8 Å². The van der Waals surface area contributed by atoms with Crippen molar-refractivity contribution < 1.29 is 19.8 Å². The number of anilines is 1. The van der Waals surface area contributed by atoms with Crippen LogP contribution in [0, 0.1) is 12.3 Å². The number of fused-ring (bicyclic) bond motifs is 1. The van der Waals surface area contributed by atoms with Gasteiger partial charge in [-0.05, 0) is 37.5 Å². The second-order valence-corrected chi connectivity index (χ2v) is 7.98. The van der Waals surface area contributed by atoms with Crippen molar-refractivity contribution in [2.24, 2.45) is 5.41 Å². The van der Waals surface area contributed by atoms with E-state index < -0.39 is 17.5 Å². The number of nitrogens with zero attached hydrogens (tertiary/aromatic N) is 2. The van der Waals surface area contributed by atoms with Gasteiger partial charge in [0.2, 0.25) is 0 Å². The van der Waals surface area contributed by atoms with Gasteiger partial charge in [0, 0.05) is 18.7 Å². The maximum Gasteiger partial charge on any atom is 0.312 e. The molecule has 0 radical (unpaired) electrons. The summed E-state index contributed by atoms with van der Waals surface area (Å²) in [6.45, 7) is 4.10. The highest BCUT2D eigenvalue weighted by molar-refractivity contribution is 7.22. The van der Waals surface area contributed by atoms with E-state index in [-0.39, 0.29) is 18.9 Å². The molecule has 26 heavy (non-hydrogen) atoms. The number of aromatic nitrogens is 1. The predicted molar refractivity (Wildman–Crippen MR) is 100 cm³/mol. The molecule has 140 valence electrons. The van der Waals surface area contributed by atoms with E-state index in [4.69, 9.17) is 5.73 Å². The van der Waals surface area contributed by atoms with Crippen LogP contribution in [0.15, 0.2) is 12.1 Å². The normalized spacial score (nSPS) is 23.3. The van der Waals surface area contributed by atoms with E-state index in [1.807, 2.05) is 13.8 Å². The van der Waals surface area contributed by atoms with Crippen molar-refractivity contribution >= 4 is 38.6 Å². The molecular formula is C18H23N3O4S. The van der Waals surface area contributed by atoms with Crippen molar-refractivity contribution in [1.29, 1.82) is 0 Å². The molecule has 7 nitrogen and oxygen atoms in total. The van der Waals surface area contributed by atoms with Gasteiger partial charge in [-0.15, -0.1) is 0 Å². The molecule has 2 heterocycles. The van der Waals surface area contributed by atoms with Crippen LogP contribution in [0.25, 0.3) is 10.2 Å². The first kappa shape index (κ1) is 18.6. The van der Waals surface area contributed by atoms with Crippen LogP contribution in [0.4, 0.5) is 5.13 Å². The Morgan fingerprint density at radius 1 is 1.46 bits per heavy atom. The first-order valence-electron chi connectivity index (χ1n) is 8.66. The number of carbonyl (C=O) groups excluding carboxylic acids is 1. The van der Waals surface area contributed by atoms with Crippen LogP contribution >= 0.6 is 11.3 Å². The van der Waals surface area contributed by atoms with Gasteiger partial charge in [0.25, 0.3) is 5.91 Å². The number of hydrogen-bond donors (Lipinski definition) is 3. The van der Waals surface area contributed by atoms with E-state index in [1.165, 1.54) is 16.2 Å². The van der Waals surface area contributed by atoms with Crippen LogP contribution in [0.5, 0.6) is 0 Å². The number of thiazole rings is 1. The van der Waals surface area contributed by atoms with Crippen LogP contribution in [0.1, 0.15) is 42.1 Å². The lowest BCUT2D eigenvalue weighted by molar-refractivity contribution is -0.162. The number of carbonyl (C=O) groups is 2. The Morgan fingerprint density at radius 3 is 2.81 bits per heavy atom. The monoisotopic (exact) mass is 377 g/mol. The van der Waals surface area contributed by atoms with Crippen molar-refractivity contribution in [2.45, 2.75) is 39.2 Å². The van der Waals surface area contributed by atoms with E-state index in [9.17, 15) is 19.8 Å². The standard InChI is InChI=1S/C18H23N3O4S/c1-3-4-18(16(24)25)5-6-21(9-13(18)22)15(23)11-7-10(2)14-12(8-11)26-17(19)20-14/h7-8,13,22H,3-6,9H2,1-2H3,(H2,19,20)(H,24,25)/t13-,18-/m0/s1. The molecule has 0 saturated carbocycles. The number of β-amino-alcohol motifs (C(OH)–C–C–N with tert-alkyl or cyclic N) is 1. The van der Waals surface area contributed by atoms with E-state index in [0.29, 0.717) is 30.1 Å². The number of amides is 1. The summed E-state index contributed by atoms with van der Waals surface area (Å²) in [6, 6.07) is 3.53. The minimum Gasteiger partial charge on any atom is -0.481 e. The summed E-state index contributed by atoms with van der Waals surface area (Å²) in [4.78, 5) is 30.4. The molecule has 1 fully saturated rings. The number of hydrogen-bond acceptors (Lipinski definition) is 6. The molecule has 1 amide bonds. The van der Waals surface area contributed by atoms with Crippen LogP contribution in [-0.2, 0) is 4.79 Å². The minimum absolute atomic E-state index is 0.0209. The van der Waals surface area contributed by atoms with Crippen molar-refractivity contribution in [3.05, 3.63) is 23.3 Å². The summed E-state index contributed by atoms with van der Waals surface area (Å²) >= 11 is 1.32. The van der Waals surface area contributed by atoms with Crippen molar-refractivity contribution in [3.8, 4) is 0 Å². The molecule has 0 unspecified atom stereocenters. The Morgan fingerprint density at radius 2 is 2.19 bits per heavy atom. The molecule has 4 N–H and O–H groups in total. The zero-order valence-electron chi connectivity index (χ0n) is 14.9. The number of aryl methyl sites for hydroxylation is 1. The second-order valence-electron chi connectivity index (χ2n) is 6.92. The van der Waals surface area contributed by atoms with Gasteiger partial charge >= 0.3 is 5.97 Å². The van der Waals surface area contributed by atoms with Crippen molar-refractivity contribution in [1.82, 2.24) is 9.88 Å². The first-order chi connectivity index (χ1) is 12.3. The number of aliphatic carboxylic acids is 1. The SMILES string of the molecule is CCC[C@]1(C(=O)O)CCN(C(=O)c2cc(C)c3nc(N)sc3c2)C[C@@H]1O. The van der Waals surface area contributed by atoms with Gasteiger partial charge in [0.1, 0.15) is 0 Å². The van der Waals surface area contributed by atoms with Gasteiger partial charge in [-0.2, -0.15) is 0 Å². The molecule has 3 rings (SSSR count). The maximum atomic E-state index is 12.9. The summed E-state index contributed by atoms with van der Waals surface area (Å²) in [5.41, 5.74) is 6.74. The third kappa shape index (κ3) is 3.03. The van der Waals surface area contributed by atoms with Crippen molar-refractivity contribution in [2.75, 3.05) is 18.8 Å². The highest BCUT2D eigenvalue weighted by Gasteiger charge is 2.48. The number of likely N-dealkylation sites (tertiary alicyclic amines) is 1. The number of rotatable bonds is 4. The fourth-order valence-electron chi connectivity index (χ4n) is 3.77. The van der Waals surface area contributed by atoms with Crippen LogP contribution in [0.3, 0.4) is 0 Å². The number of nitrogen functional groups attached to an aromatic ring is 1. The van der Waals surface area contributed by atoms with Gasteiger partial charge in [-0.3, -0.25) is 9.59 Å². The number of carboxylic acid groups (broad SMARTS) is 1. The van der Waals surface area contributed by atoms with Crippen LogP contribution in [0.2, 0.25) is 0 Å². The van der Waals surface area contributed by atoms with Gasteiger partial charge in [0.15, 0.2) is 5.13 Å². The average Bonchev–Trinajstić information content (AvgIpc) is 2.97. The lowest BCUT2D eigenvalue weighted by Gasteiger charge is -2.42. The number of aliphatic hydroxyl groups excluding tert-OH is 1. The largest absolute Gasteiger partial charge is 0.481 e. The Bertz CT molecular complexity index is 865. The number of carboxylic acids is 1. The molecule has 2 atom stereocenters. The Labute approximate surface area is 155 Å². The fraction of sp³-hybridized carbons (Fsp3) is 0.500. The van der Waals surface area contributed by atoms with E-state index in [1.54, 1.807) is 12.1 Å². The molecule has 1 saturated heterocycles. The summed E-state index contributed by atoms with van der Waals surface area (Å²) < 4.78 is 0.842. The number of piperidine rings is 1. The Hall–Kier alpha value is -2.19. The third-order valence-corrected chi connectivity index (χ3v) is 6.05. The third-order valence-electron chi connectivity index (χ3n) is 5.22. The molecule has 1 aliphatic heterocycles. The molecule has 1 aromatic carbocycles. The zero-order chi connectivity index (χ0) is 19.1. The lowest BCUT2D eigenvalue weighted by Crippen LogP contribution is -2.56. The maximum absolute atomic E-state index is 12.9. The molecule has 2 aromatic rings. The number of nitrogens with two attached hydrogens (primary N) is 1. The quantitative estimate of drug-likeness (QED) is 0.752. The zero-order valence-corrected chi connectivity index (χ0v) is 15.7. The molecule has 1 aliphatic rings. The number of benzene rings is 1. The molecule has 0 bridgehead atoms. The molecular weight excluding hydrogens is 354 g/mol. The molecule has 0 spiro atoms. The first-order valence-corrected chi connectivity index (χ1v) is 9.47. The molecule has 1 aromatic heterocycles. The topological polar surface area (TPSA) is 117 Å². The summed E-state index contributed by atoms with van der Waals surface area (Å²) in [5.74, 6) is -1.20. The second kappa shape index (κ2) is 6.85. The van der Waals surface area contributed by atoms with Crippen molar-refractivity contribution in [3.63, 3.8) is 0 Å². The van der Waals surface area contributed by atoms with Crippen LogP contribution < -0.4 is 5.73 Å². The smallest absolute Gasteiger partial charge is 0.312 e. The Kier molecular flexibility index (Phi) is 4.90. The van der Waals surface area contributed by atoms with Gasteiger partial charge in [0.05, 0.1) is 21.7 Å². The summed E-state index contributed by atoms with van der Waals surface area (Å²) in [6.07, 6.45) is 0.232. The summed E-state index contributed by atoms with van der Waals surface area (Å²) in [5, 5.41) is 20.6. The minimum atomic E-state index is -1.17. The molecule has 0 aliphatic carbocycles. The van der Waals surface area contributed by atoms with Crippen LogP contribution in [-0.4, -0.2) is 51.2 Å². The van der Waals surface area contributed by atoms with E-state index in [0.717, 1.165) is 15.8 Å². The fourth-order valence-corrected chi connectivity index (χ4v) is 4.63. The average molecular weight is 377 g/mol. The van der Waals surface area contributed by atoms with Gasteiger partial charge in [-0.1, -0.05) is 24.7 Å². The lowest BCUT2D eigenvalue weighted by atomic mass is 9.72. The van der Waals surface area contributed by atoms with Gasteiger partial charge in [-0.25, -0.2) is 4.98 Å². The van der Waals surface area contributed by atoms with E-state index in [2.05, 4.69) is 4.98 Å². The Balaban J connectivity index is 1.85. The predicted octanol–water partition coefficient (Wildman–Crippen LogP) is 2.26. The highest BCUT2D eigenvalue weighted by Crippen LogP contribution is 2.37. The number of aliphatic hydroxyl groups is 1. The van der Waals surface area contributed by atoms with E-state index >= 15 is 0 Å². The molecule has 8 heteroatoms. The summed E-state index contributed by atoms with van der Waals surface area (Å²) in [7, 11) is 0. The highest BCUT2D eigenvalue weighted by atomic mass is 32.1.